The van der Waals surface area contributed by atoms with E-state index in [1.807, 2.05) is 9.80 Å². The van der Waals surface area contributed by atoms with E-state index in [1.54, 1.807) is 6.92 Å². The van der Waals surface area contributed by atoms with Crippen LogP contribution in [0.3, 0.4) is 0 Å². The van der Waals surface area contributed by atoms with Crippen molar-refractivity contribution in [1.29, 1.82) is 0 Å². The minimum atomic E-state index is 0.102. The van der Waals surface area contributed by atoms with E-state index in [-0.39, 0.29) is 11.8 Å². The van der Waals surface area contributed by atoms with Crippen LogP contribution in [-0.4, -0.2) is 72.3 Å². The summed E-state index contributed by atoms with van der Waals surface area (Å²) in [7, 11) is 0. The molecule has 0 aromatic heterocycles. The summed E-state index contributed by atoms with van der Waals surface area (Å²) in [5.74, 6) is 0.926. The molecule has 0 radical (unpaired) electrons. The molecule has 0 unspecified atom stereocenters. The second kappa shape index (κ2) is 8.00. The van der Waals surface area contributed by atoms with Gasteiger partial charge in [-0.05, 0) is 49.9 Å². The number of carbonyl (C=O) groups excluding carboxylic acids is 2. The Labute approximate surface area is 150 Å². The Kier molecular flexibility index (Phi) is 5.74. The van der Waals surface area contributed by atoms with Gasteiger partial charge in [-0.1, -0.05) is 24.3 Å². The zero-order chi connectivity index (χ0) is 17.8. The van der Waals surface area contributed by atoms with Crippen molar-refractivity contribution in [3.63, 3.8) is 0 Å². The van der Waals surface area contributed by atoms with Gasteiger partial charge in [0.05, 0.1) is 6.54 Å². The van der Waals surface area contributed by atoms with Crippen LogP contribution in [0.5, 0.6) is 0 Å². The Bertz CT molecular complexity index is 615. The maximum atomic E-state index is 12.5. The van der Waals surface area contributed by atoms with Crippen LogP contribution < -0.4 is 0 Å². The van der Waals surface area contributed by atoms with Crippen LogP contribution in [0, 0.1) is 6.92 Å². The van der Waals surface area contributed by atoms with Crippen molar-refractivity contribution in [2.24, 2.45) is 0 Å². The zero-order valence-electron chi connectivity index (χ0n) is 15.4. The molecule has 0 bridgehead atoms. The van der Waals surface area contributed by atoms with Gasteiger partial charge in [-0.3, -0.25) is 14.5 Å². The Hall–Kier alpha value is -1.88. The van der Waals surface area contributed by atoms with E-state index >= 15 is 0 Å². The van der Waals surface area contributed by atoms with E-state index in [0.717, 1.165) is 25.9 Å². The second-order valence-corrected chi connectivity index (χ2v) is 7.29. The van der Waals surface area contributed by atoms with Gasteiger partial charge in [-0.25, -0.2) is 0 Å². The van der Waals surface area contributed by atoms with Crippen LogP contribution in [0.2, 0.25) is 0 Å². The van der Waals surface area contributed by atoms with Crippen molar-refractivity contribution in [2.45, 2.75) is 32.6 Å². The van der Waals surface area contributed by atoms with E-state index in [2.05, 4.69) is 36.1 Å². The number of rotatable bonds is 3. The molecule has 5 nitrogen and oxygen atoms in total. The van der Waals surface area contributed by atoms with Gasteiger partial charge in [0.1, 0.15) is 0 Å². The van der Waals surface area contributed by atoms with Gasteiger partial charge in [0.15, 0.2) is 0 Å². The molecule has 0 N–H and O–H groups in total. The normalized spacial score (nSPS) is 19.9. The highest BCUT2D eigenvalue weighted by Gasteiger charge is 2.26. The van der Waals surface area contributed by atoms with Crippen LogP contribution in [0.25, 0.3) is 0 Å². The largest absolute Gasteiger partial charge is 0.339 e. The lowest BCUT2D eigenvalue weighted by molar-refractivity contribution is -0.139. The highest BCUT2D eigenvalue weighted by Crippen LogP contribution is 2.29. The lowest BCUT2D eigenvalue weighted by Crippen LogP contribution is -2.52. The van der Waals surface area contributed by atoms with Crippen LogP contribution in [0.1, 0.15) is 36.8 Å². The number of aryl methyl sites for hydroxylation is 1. The fourth-order valence-electron chi connectivity index (χ4n) is 4.01. The first-order valence-corrected chi connectivity index (χ1v) is 9.36. The molecule has 3 rings (SSSR count). The fraction of sp³-hybridized carbons (Fsp3) is 0.600. The minimum Gasteiger partial charge on any atom is -0.339 e. The summed E-state index contributed by atoms with van der Waals surface area (Å²) in [5, 5.41) is 0. The van der Waals surface area contributed by atoms with Crippen molar-refractivity contribution in [3.05, 3.63) is 35.4 Å². The van der Waals surface area contributed by atoms with Crippen LogP contribution in [-0.2, 0) is 9.59 Å². The molecule has 0 spiro atoms. The van der Waals surface area contributed by atoms with E-state index in [0.29, 0.717) is 38.6 Å². The number of nitrogens with zero attached hydrogens (tertiary/aromatic N) is 3. The predicted molar refractivity (Wildman–Crippen MR) is 98.4 cm³/mol. The SMILES string of the molecule is CC(=O)N1CCN(C(=O)CN2CCC(c3ccccc3C)CC2)CC1. The minimum absolute atomic E-state index is 0.102. The first-order valence-electron chi connectivity index (χ1n) is 9.36. The molecule has 1 aromatic carbocycles. The quantitative estimate of drug-likeness (QED) is 0.841. The predicted octanol–water partition coefficient (Wildman–Crippen LogP) is 1.87. The molecular formula is C20H29N3O2. The number of piperazine rings is 1. The highest BCUT2D eigenvalue weighted by atomic mass is 16.2. The molecule has 2 aliphatic heterocycles. The van der Waals surface area contributed by atoms with E-state index < -0.39 is 0 Å². The molecule has 2 heterocycles. The molecule has 2 aliphatic rings. The summed E-state index contributed by atoms with van der Waals surface area (Å²) in [4.78, 5) is 29.9. The average Bonchev–Trinajstić information content (AvgIpc) is 2.63. The van der Waals surface area contributed by atoms with Gasteiger partial charge in [0.2, 0.25) is 11.8 Å². The van der Waals surface area contributed by atoms with E-state index in [1.165, 1.54) is 11.1 Å². The van der Waals surface area contributed by atoms with Crippen LogP contribution in [0.4, 0.5) is 0 Å². The second-order valence-electron chi connectivity index (χ2n) is 7.29. The molecule has 2 amide bonds. The third-order valence-electron chi connectivity index (χ3n) is 5.65. The Morgan fingerprint density at radius 2 is 1.56 bits per heavy atom. The summed E-state index contributed by atoms with van der Waals surface area (Å²) in [6.45, 7) is 8.92. The van der Waals surface area contributed by atoms with Gasteiger partial charge in [0.25, 0.3) is 0 Å². The Balaban J connectivity index is 1.45. The summed E-state index contributed by atoms with van der Waals surface area (Å²) in [6.07, 6.45) is 2.24. The molecule has 1 aromatic rings. The van der Waals surface area contributed by atoms with Crippen molar-refractivity contribution in [2.75, 3.05) is 45.8 Å². The van der Waals surface area contributed by atoms with Crippen molar-refractivity contribution in [3.8, 4) is 0 Å². The standard InChI is InChI=1S/C20H29N3O2/c1-16-5-3-4-6-19(16)18-7-9-21(10-8-18)15-20(25)23-13-11-22(12-14-23)17(2)24/h3-6,18H,7-15H2,1-2H3. The van der Waals surface area contributed by atoms with Crippen LogP contribution in [0.15, 0.2) is 24.3 Å². The van der Waals surface area contributed by atoms with Crippen molar-refractivity contribution < 1.29 is 9.59 Å². The third-order valence-corrected chi connectivity index (χ3v) is 5.65. The van der Waals surface area contributed by atoms with E-state index in [9.17, 15) is 9.59 Å². The van der Waals surface area contributed by atoms with Gasteiger partial charge in [0, 0.05) is 33.1 Å². The molecule has 25 heavy (non-hydrogen) atoms. The molecule has 136 valence electrons. The topological polar surface area (TPSA) is 43.9 Å². The number of benzene rings is 1. The third kappa shape index (κ3) is 4.40. The van der Waals surface area contributed by atoms with Crippen LogP contribution >= 0.6 is 0 Å². The van der Waals surface area contributed by atoms with Gasteiger partial charge >= 0.3 is 0 Å². The molecule has 0 saturated carbocycles. The first kappa shape index (κ1) is 17.9. The van der Waals surface area contributed by atoms with E-state index in [4.69, 9.17) is 0 Å². The fourth-order valence-corrected chi connectivity index (χ4v) is 4.01. The monoisotopic (exact) mass is 343 g/mol. The summed E-state index contributed by atoms with van der Waals surface area (Å²) in [5.41, 5.74) is 2.84. The Morgan fingerprint density at radius 3 is 2.16 bits per heavy atom. The lowest BCUT2D eigenvalue weighted by Gasteiger charge is -2.37. The molecule has 0 atom stereocenters. The maximum absolute atomic E-state index is 12.5. The van der Waals surface area contributed by atoms with Gasteiger partial charge < -0.3 is 9.80 Å². The number of hydrogen-bond acceptors (Lipinski definition) is 3. The Morgan fingerprint density at radius 1 is 0.960 bits per heavy atom. The molecule has 2 fully saturated rings. The summed E-state index contributed by atoms with van der Waals surface area (Å²) >= 11 is 0. The zero-order valence-corrected chi connectivity index (χ0v) is 15.4. The lowest BCUT2D eigenvalue weighted by atomic mass is 9.87. The summed E-state index contributed by atoms with van der Waals surface area (Å²) in [6, 6.07) is 8.65. The number of amides is 2. The first-order chi connectivity index (χ1) is 12.0. The van der Waals surface area contributed by atoms with Gasteiger partial charge in [-0.2, -0.15) is 0 Å². The number of carbonyl (C=O) groups is 2. The maximum Gasteiger partial charge on any atom is 0.236 e. The summed E-state index contributed by atoms with van der Waals surface area (Å²) < 4.78 is 0. The van der Waals surface area contributed by atoms with Crippen molar-refractivity contribution >= 4 is 11.8 Å². The number of likely N-dealkylation sites (tertiary alicyclic amines) is 1. The smallest absolute Gasteiger partial charge is 0.236 e. The van der Waals surface area contributed by atoms with Crippen molar-refractivity contribution in [1.82, 2.24) is 14.7 Å². The molecule has 5 heteroatoms. The number of piperidine rings is 1. The molecular weight excluding hydrogens is 314 g/mol. The highest BCUT2D eigenvalue weighted by molar-refractivity contribution is 5.79. The van der Waals surface area contributed by atoms with Gasteiger partial charge in [-0.15, -0.1) is 0 Å². The molecule has 0 aliphatic carbocycles. The number of hydrogen-bond donors (Lipinski definition) is 0. The molecule has 2 saturated heterocycles. The average molecular weight is 343 g/mol.